The number of aromatic nitrogens is 4. The maximum atomic E-state index is 6.17. The van der Waals surface area contributed by atoms with Crippen LogP contribution in [0.4, 0.5) is 0 Å². The minimum Gasteiger partial charge on any atom is -0.484 e. The highest BCUT2D eigenvalue weighted by molar-refractivity contribution is 7.19. The minimum absolute atomic E-state index is 0.269. The number of nitrogens with zero attached hydrogens (tertiary/aromatic N) is 4. The fraction of sp³-hybridized carbons (Fsp3) is 0.316. The maximum absolute atomic E-state index is 6.17. The van der Waals surface area contributed by atoms with Crippen LogP contribution in [-0.4, -0.2) is 33.2 Å². The van der Waals surface area contributed by atoms with Gasteiger partial charge in [-0.2, -0.15) is 4.52 Å². The third kappa shape index (κ3) is 2.86. The SMILES string of the molecule is Cc1nc2sc3c(c2c2nc(COc4ccccc4Cl)nn12)CC[NH+](C)C3. The van der Waals surface area contributed by atoms with E-state index in [1.807, 2.05) is 35.7 Å². The molecule has 1 unspecified atom stereocenters. The van der Waals surface area contributed by atoms with E-state index in [4.69, 9.17) is 26.3 Å². The highest BCUT2D eigenvalue weighted by atomic mass is 35.5. The largest absolute Gasteiger partial charge is 0.484 e. The number of likely N-dealkylation sites (N-methyl/N-ethyl adjacent to an activating group) is 1. The molecule has 0 radical (unpaired) electrons. The van der Waals surface area contributed by atoms with Gasteiger partial charge < -0.3 is 9.64 Å². The number of quaternary nitrogens is 1. The van der Waals surface area contributed by atoms with Crippen LogP contribution in [0.25, 0.3) is 15.9 Å². The summed E-state index contributed by atoms with van der Waals surface area (Å²) in [7, 11) is 2.24. The topological polar surface area (TPSA) is 56.8 Å². The molecular formula is C19H19ClN5OS+. The number of benzene rings is 1. The van der Waals surface area contributed by atoms with Gasteiger partial charge in [0.25, 0.3) is 0 Å². The monoisotopic (exact) mass is 400 g/mol. The standard InChI is InChI=1S/C19H18ClN5OS/c1-11-21-19-17(12-7-8-24(2)9-15(12)27-19)18-22-16(23-25(11)18)10-26-14-6-4-3-5-13(14)20/h3-6H,7-10H2,1-2H3/p+1. The lowest BCUT2D eigenvalue weighted by molar-refractivity contribution is -0.895. The van der Waals surface area contributed by atoms with Gasteiger partial charge in [0.05, 0.1) is 28.9 Å². The number of aryl methyl sites for hydroxylation is 1. The smallest absolute Gasteiger partial charge is 0.189 e. The Morgan fingerprint density at radius 1 is 1.30 bits per heavy atom. The van der Waals surface area contributed by atoms with Gasteiger partial charge in [-0.25, -0.2) is 9.97 Å². The lowest BCUT2D eigenvalue weighted by Crippen LogP contribution is -3.08. The number of thiophene rings is 1. The van der Waals surface area contributed by atoms with E-state index >= 15 is 0 Å². The zero-order valence-corrected chi connectivity index (χ0v) is 16.7. The quantitative estimate of drug-likeness (QED) is 0.574. The number of hydrogen-bond acceptors (Lipinski definition) is 5. The molecule has 4 aromatic rings. The Bertz CT molecular complexity index is 1170. The molecule has 0 spiro atoms. The van der Waals surface area contributed by atoms with Crippen LogP contribution in [0.3, 0.4) is 0 Å². The summed E-state index contributed by atoms with van der Waals surface area (Å²) < 4.78 is 7.66. The summed E-state index contributed by atoms with van der Waals surface area (Å²) in [6.07, 6.45) is 1.06. The third-order valence-electron chi connectivity index (χ3n) is 4.97. The number of halogens is 1. The normalized spacial score (nSPS) is 16.8. The second kappa shape index (κ2) is 6.44. The molecule has 27 heavy (non-hydrogen) atoms. The Hall–Kier alpha value is -2.22. The van der Waals surface area contributed by atoms with Crippen molar-refractivity contribution in [2.45, 2.75) is 26.5 Å². The van der Waals surface area contributed by atoms with E-state index in [0.29, 0.717) is 16.6 Å². The van der Waals surface area contributed by atoms with Crippen molar-refractivity contribution in [3.05, 3.63) is 51.4 Å². The summed E-state index contributed by atoms with van der Waals surface area (Å²) in [4.78, 5) is 13.6. The van der Waals surface area contributed by atoms with Gasteiger partial charge in [0, 0.05) is 6.42 Å². The summed E-state index contributed by atoms with van der Waals surface area (Å²) in [6.45, 7) is 4.43. The first-order valence-corrected chi connectivity index (χ1v) is 10.1. The van der Waals surface area contributed by atoms with Crippen molar-refractivity contribution in [1.82, 2.24) is 19.6 Å². The molecule has 6 nitrogen and oxygen atoms in total. The zero-order valence-electron chi connectivity index (χ0n) is 15.1. The number of hydrogen-bond donors (Lipinski definition) is 1. The third-order valence-corrected chi connectivity index (χ3v) is 6.41. The van der Waals surface area contributed by atoms with Crippen molar-refractivity contribution >= 4 is 38.8 Å². The van der Waals surface area contributed by atoms with Crippen molar-refractivity contribution < 1.29 is 9.64 Å². The number of nitrogens with one attached hydrogen (secondary N) is 1. The molecule has 1 atom stereocenters. The van der Waals surface area contributed by atoms with Crippen molar-refractivity contribution in [3.8, 4) is 5.75 Å². The number of ether oxygens (including phenoxy) is 1. The first-order chi connectivity index (χ1) is 13.1. The molecule has 0 saturated carbocycles. The van der Waals surface area contributed by atoms with E-state index in [9.17, 15) is 0 Å². The molecule has 3 aromatic heterocycles. The highest BCUT2D eigenvalue weighted by Crippen LogP contribution is 2.34. The average Bonchev–Trinajstić information content (AvgIpc) is 3.21. The molecule has 1 aliphatic heterocycles. The van der Waals surface area contributed by atoms with Gasteiger partial charge in [-0.05, 0) is 24.6 Å². The summed E-state index contributed by atoms with van der Waals surface area (Å²) in [6, 6.07) is 7.43. The van der Waals surface area contributed by atoms with Crippen LogP contribution < -0.4 is 9.64 Å². The second-order valence-corrected chi connectivity index (χ2v) is 8.45. The molecule has 4 heterocycles. The lowest BCUT2D eigenvalue weighted by atomic mass is 10.1. The van der Waals surface area contributed by atoms with Crippen LogP contribution in [0.1, 0.15) is 22.1 Å². The maximum Gasteiger partial charge on any atom is 0.189 e. The number of rotatable bonds is 3. The van der Waals surface area contributed by atoms with E-state index in [-0.39, 0.29) is 6.61 Å². The Labute approximate surface area is 165 Å². The molecule has 1 N–H and O–H groups in total. The van der Waals surface area contributed by atoms with Crippen molar-refractivity contribution in [3.63, 3.8) is 0 Å². The van der Waals surface area contributed by atoms with E-state index in [0.717, 1.165) is 41.2 Å². The highest BCUT2D eigenvalue weighted by Gasteiger charge is 2.25. The molecule has 138 valence electrons. The van der Waals surface area contributed by atoms with Crippen molar-refractivity contribution in [2.75, 3.05) is 13.6 Å². The van der Waals surface area contributed by atoms with Crippen LogP contribution in [0.2, 0.25) is 5.02 Å². The fourth-order valence-corrected chi connectivity index (χ4v) is 5.18. The van der Waals surface area contributed by atoms with E-state index in [1.165, 1.54) is 15.3 Å². The Kier molecular flexibility index (Phi) is 4.03. The minimum atomic E-state index is 0.269. The van der Waals surface area contributed by atoms with Crippen LogP contribution in [0, 0.1) is 6.92 Å². The molecule has 1 aromatic carbocycles. The first-order valence-electron chi connectivity index (χ1n) is 8.95. The fourth-order valence-electron chi connectivity index (χ4n) is 3.62. The molecule has 0 fully saturated rings. The summed E-state index contributed by atoms with van der Waals surface area (Å²) >= 11 is 7.96. The van der Waals surface area contributed by atoms with Crippen LogP contribution in [0.15, 0.2) is 24.3 Å². The Balaban J connectivity index is 1.57. The van der Waals surface area contributed by atoms with Gasteiger partial charge in [0.15, 0.2) is 11.5 Å². The summed E-state index contributed by atoms with van der Waals surface area (Å²) in [5.74, 6) is 2.11. The van der Waals surface area contributed by atoms with Crippen molar-refractivity contribution in [1.29, 1.82) is 0 Å². The number of fused-ring (bicyclic) bond motifs is 5. The van der Waals surface area contributed by atoms with Gasteiger partial charge in [0.1, 0.15) is 29.6 Å². The van der Waals surface area contributed by atoms with E-state index in [2.05, 4.69) is 12.1 Å². The molecular weight excluding hydrogens is 382 g/mol. The Morgan fingerprint density at radius 3 is 3.00 bits per heavy atom. The van der Waals surface area contributed by atoms with Crippen LogP contribution >= 0.6 is 22.9 Å². The zero-order chi connectivity index (χ0) is 18.5. The Morgan fingerprint density at radius 2 is 2.15 bits per heavy atom. The van der Waals surface area contributed by atoms with Gasteiger partial charge in [-0.3, -0.25) is 0 Å². The van der Waals surface area contributed by atoms with E-state index in [1.54, 1.807) is 11.3 Å². The van der Waals surface area contributed by atoms with Crippen LogP contribution in [0.5, 0.6) is 5.75 Å². The van der Waals surface area contributed by atoms with Gasteiger partial charge in [-0.1, -0.05) is 23.7 Å². The van der Waals surface area contributed by atoms with Gasteiger partial charge in [-0.15, -0.1) is 16.4 Å². The van der Waals surface area contributed by atoms with Crippen molar-refractivity contribution in [2.24, 2.45) is 0 Å². The molecule has 0 amide bonds. The molecule has 1 aliphatic rings. The second-order valence-electron chi connectivity index (χ2n) is 6.96. The summed E-state index contributed by atoms with van der Waals surface area (Å²) in [5.41, 5.74) is 2.27. The average molecular weight is 401 g/mol. The molecule has 0 saturated heterocycles. The van der Waals surface area contributed by atoms with Gasteiger partial charge in [0.2, 0.25) is 0 Å². The molecule has 5 rings (SSSR count). The first kappa shape index (κ1) is 16.9. The predicted octanol–water partition coefficient (Wildman–Crippen LogP) is 2.45. The molecule has 8 heteroatoms. The van der Waals surface area contributed by atoms with E-state index < -0.39 is 0 Å². The van der Waals surface area contributed by atoms with Crippen LogP contribution in [-0.2, 0) is 19.6 Å². The predicted molar refractivity (Wildman–Crippen MR) is 106 cm³/mol. The van der Waals surface area contributed by atoms with Gasteiger partial charge >= 0.3 is 0 Å². The number of para-hydroxylation sites is 1. The molecule has 0 bridgehead atoms. The lowest BCUT2D eigenvalue weighted by Gasteiger charge is -2.19. The molecule has 0 aliphatic carbocycles. The summed E-state index contributed by atoms with van der Waals surface area (Å²) in [5, 5.41) is 6.37.